The van der Waals surface area contributed by atoms with E-state index < -0.39 is 11.9 Å². The first-order valence-electron chi connectivity index (χ1n) is 6.36. The Bertz CT molecular complexity index is 516. The van der Waals surface area contributed by atoms with Gasteiger partial charge in [-0.05, 0) is 24.6 Å². The predicted octanol–water partition coefficient (Wildman–Crippen LogP) is 2.11. The van der Waals surface area contributed by atoms with Crippen LogP contribution in [0.4, 0.5) is 0 Å². The number of benzene rings is 1. The summed E-state index contributed by atoms with van der Waals surface area (Å²) < 4.78 is 0. The molecule has 1 rings (SSSR count). The van der Waals surface area contributed by atoms with Gasteiger partial charge in [0.2, 0.25) is 5.91 Å². The van der Waals surface area contributed by atoms with Crippen LogP contribution in [-0.2, 0) is 9.59 Å². The van der Waals surface area contributed by atoms with E-state index in [9.17, 15) is 9.59 Å². The number of carbonyl (C=O) groups is 2. The molecule has 0 fully saturated rings. The first kappa shape index (κ1) is 17.0. The lowest BCUT2D eigenvalue weighted by Crippen LogP contribution is -2.34. The van der Waals surface area contributed by atoms with E-state index >= 15 is 0 Å². The molecular weight excluding hydrogens is 296 g/mol. The summed E-state index contributed by atoms with van der Waals surface area (Å²) in [6, 6.07) is 6.82. The number of carbonyl (C=O) groups excluding carboxylic acids is 1. The highest BCUT2D eigenvalue weighted by molar-refractivity contribution is 6.30. The van der Waals surface area contributed by atoms with Crippen molar-refractivity contribution in [1.82, 2.24) is 5.32 Å². The first-order valence-corrected chi connectivity index (χ1v) is 6.74. The molecular formula is C14H17ClN2O4. The Balaban J connectivity index is 2.73. The van der Waals surface area contributed by atoms with Crippen LogP contribution in [0, 0.1) is 5.92 Å². The van der Waals surface area contributed by atoms with Gasteiger partial charge in [-0.1, -0.05) is 23.7 Å². The molecule has 0 aliphatic heterocycles. The molecule has 0 aromatic heterocycles. The molecule has 1 aromatic carbocycles. The van der Waals surface area contributed by atoms with Gasteiger partial charge in [-0.25, -0.2) is 0 Å². The highest BCUT2D eigenvalue weighted by atomic mass is 35.5. The Labute approximate surface area is 127 Å². The largest absolute Gasteiger partial charge is 0.481 e. The monoisotopic (exact) mass is 312 g/mol. The lowest BCUT2D eigenvalue weighted by molar-refractivity contribution is -0.137. The van der Waals surface area contributed by atoms with Gasteiger partial charge in [0.05, 0.1) is 18.6 Å². The highest BCUT2D eigenvalue weighted by Gasteiger charge is 2.18. The Morgan fingerprint density at radius 2 is 2.00 bits per heavy atom. The average molecular weight is 313 g/mol. The van der Waals surface area contributed by atoms with Gasteiger partial charge in [0.1, 0.15) is 0 Å². The molecule has 7 heteroatoms. The van der Waals surface area contributed by atoms with Gasteiger partial charge < -0.3 is 15.6 Å². The standard InChI is InChI=1S/C14H17ClN2O4/c1-9(7-17-21)14(20)16-8-11(6-13(18)19)10-2-4-12(15)5-3-10/h2-5,7,9,11,21H,6,8H2,1H3,(H,16,20)(H,18,19)/t9?,11-/m0/s1. The highest BCUT2D eigenvalue weighted by Crippen LogP contribution is 2.21. The molecule has 3 N–H and O–H groups in total. The second-order valence-corrected chi connectivity index (χ2v) is 5.08. The first-order chi connectivity index (χ1) is 9.93. The Morgan fingerprint density at radius 1 is 1.38 bits per heavy atom. The van der Waals surface area contributed by atoms with Crippen molar-refractivity contribution in [2.45, 2.75) is 19.3 Å². The third-order valence-electron chi connectivity index (χ3n) is 2.99. The van der Waals surface area contributed by atoms with Crippen LogP contribution in [0.3, 0.4) is 0 Å². The third kappa shape index (κ3) is 5.83. The number of carboxylic acid groups (broad SMARTS) is 1. The number of hydrogen-bond acceptors (Lipinski definition) is 4. The van der Waals surface area contributed by atoms with Crippen molar-refractivity contribution < 1.29 is 19.9 Å². The van der Waals surface area contributed by atoms with Gasteiger partial charge in [0.25, 0.3) is 0 Å². The summed E-state index contributed by atoms with van der Waals surface area (Å²) in [4.78, 5) is 22.7. The second-order valence-electron chi connectivity index (χ2n) is 4.64. The molecule has 6 nitrogen and oxygen atoms in total. The Kier molecular flexibility index (Phi) is 6.68. The number of hydrogen-bond donors (Lipinski definition) is 3. The van der Waals surface area contributed by atoms with E-state index in [0.29, 0.717) is 5.02 Å². The lowest BCUT2D eigenvalue weighted by atomic mass is 9.95. The fourth-order valence-electron chi connectivity index (χ4n) is 1.81. The lowest BCUT2D eigenvalue weighted by Gasteiger charge is -2.17. The van der Waals surface area contributed by atoms with Crippen molar-refractivity contribution in [3.05, 3.63) is 34.9 Å². The fourth-order valence-corrected chi connectivity index (χ4v) is 1.93. The van der Waals surface area contributed by atoms with Gasteiger partial charge in [0, 0.05) is 17.5 Å². The van der Waals surface area contributed by atoms with Crippen molar-refractivity contribution >= 4 is 29.7 Å². The summed E-state index contributed by atoms with van der Waals surface area (Å²) in [7, 11) is 0. The minimum atomic E-state index is -0.950. The molecule has 2 atom stereocenters. The number of carboxylic acids is 1. The number of amides is 1. The van der Waals surface area contributed by atoms with E-state index in [-0.39, 0.29) is 24.8 Å². The van der Waals surface area contributed by atoms with Crippen molar-refractivity contribution in [3.63, 3.8) is 0 Å². The number of nitrogens with one attached hydrogen (secondary N) is 1. The van der Waals surface area contributed by atoms with Crippen molar-refractivity contribution in [3.8, 4) is 0 Å². The zero-order valence-corrected chi connectivity index (χ0v) is 12.2. The summed E-state index contributed by atoms with van der Waals surface area (Å²) >= 11 is 5.80. The molecule has 1 amide bonds. The van der Waals surface area contributed by atoms with Crippen LogP contribution < -0.4 is 5.32 Å². The molecule has 0 spiro atoms. The van der Waals surface area contributed by atoms with Crippen molar-refractivity contribution in [2.75, 3.05) is 6.54 Å². The Morgan fingerprint density at radius 3 is 2.52 bits per heavy atom. The zero-order valence-electron chi connectivity index (χ0n) is 11.5. The second kappa shape index (κ2) is 8.26. The van der Waals surface area contributed by atoms with Crippen LogP contribution in [0.5, 0.6) is 0 Å². The molecule has 0 radical (unpaired) electrons. The zero-order chi connectivity index (χ0) is 15.8. The average Bonchev–Trinajstić information content (AvgIpc) is 2.44. The molecule has 0 aliphatic carbocycles. The predicted molar refractivity (Wildman–Crippen MR) is 78.9 cm³/mol. The number of halogens is 1. The van der Waals surface area contributed by atoms with Crippen LogP contribution in [0.2, 0.25) is 5.02 Å². The Hall–Kier alpha value is -2.08. The van der Waals surface area contributed by atoms with Crippen LogP contribution in [0.25, 0.3) is 0 Å². The van der Waals surface area contributed by atoms with Crippen molar-refractivity contribution in [1.29, 1.82) is 0 Å². The molecule has 0 bridgehead atoms. The maximum atomic E-state index is 11.7. The maximum absolute atomic E-state index is 11.7. The number of oxime groups is 1. The van der Waals surface area contributed by atoms with E-state index in [2.05, 4.69) is 10.5 Å². The summed E-state index contributed by atoms with van der Waals surface area (Å²) in [6.45, 7) is 1.75. The van der Waals surface area contributed by atoms with Crippen LogP contribution in [0.1, 0.15) is 24.8 Å². The summed E-state index contributed by atoms with van der Waals surface area (Å²) in [5.41, 5.74) is 0.783. The van der Waals surface area contributed by atoms with Crippen LogP contribution in [0.15, 0.2) is 29.4 Å². The fraction of sp³-hybridized carbons (Fsp3) is 0.357. The van der Waals surface area contributed by atoms with E-state index in [1.807, 2.05) is 0 Å². The molecule has 1 aromatic rings. The molecule has 0 saturated heterocycles. The third-order valence-corrected chi connectivity index (χ3v) is 3.24. The normalized spacial score (nSPS) is 13.8. The van der Waals surface area contributed by atoms with Crippen LogP contribution >= 0.6 is 11.6 Å². The van der Waals surface area contributed by atoms with Crippen LogP contribution in [-0.4, -0.2) is 34.9 Å². The molecule has 1 unspecified atom stereocenters. The van der Waals surface area contributed by atoms with E-state index in [0.717, 1.165) is 11.8 Å². The smallest absolute Gasteiger partial charge is 0.304 e. The number of rotatable bonds is 7. The summed E-state index contributed by atoms with van der Waals surface area (Å²) in [5.74, 6) is -2.24. The van der Waals surface area contributed by atoms with Gasteiger partial charge in [0.15, 0.2) is 0 Å². The molecule has 0 heterocycles. The van der Waals surface area contributed by atoms with E-state index in [1.54, 1.807) is 31.2 Å². The molecule has 0 aliphatic rings. The minimum Gasteiger partial charge on any atom is -0.481 e. The molecule has 114 valence electrons. The SMILES string of the molecule is CC(C=NO)C(=O)NC[C@H](CC(=O)O)c1ccc(Cl)cc1. The van der Waals surface area contributed by atoms with Crippen molar-refractivity contribution in [2.24, 2.45) is 11.1 Å². The quantitative estimate of drug-likeness (QED) is 0.408. The molecule has 0 saturated carbocycles. The van der Waals surface area contributed by atoms with Gasteiger partial charge in [-0.3, -0.25) is 9.59 Å². The topological polar surface area (TPSA) is 99.0 Å². The maximum Gasteiger partial charge on any atom is 0.304 e. The number of aliphatic carboxylic acids is 1. The summed E-state index contributed by atoms with van der Waals surface area (Å²) in [5, 5.41) is 23.4. The summed E-state index contributed by atoms with van der Waals surface area (Å²) in [6.07, 6.45) is 0.994. The van der Waals surface area contributed by atoms with Gasteiger partial charge >= 0.3 is 5.97 Å². The molecule has 21 heavy (non-hydrogen) atoms. The number of nitrogens with zero attached hydrogens (tertiary/aromatic N) is 1. The van der Waals surface area contributed by atoms with E-state index in [4.69, 9.17) is 21.9 Å². The van der Waals surface area contributed by atoms with E-state index in [1.165, 1.54) is 0 Å². The van der Waals surface area contributed by atoms with Gasteiger partial charge in [-0.2, -0.15) is 0 Å². The van der Waals surface area contributed by atoms with Gasteiger partial charge in [-0.15, -0.1) is 5.16 Å². The minimum absolute atomic E-state index is 0.107.